The van der Waals surface area contributed by atoms with E-state index in [4.69, 9.17) is 5.73 Å². The molecule has 4 heteroatoms. The Morgan fingerprint density at radius 3 is 2.86 bits per heavy atom. The van der Waals surface area contributed by atoms with E-state index in [1.807, 2.05) is 0 Å². The predicted molar refractivity (Wildman–Crippen MR) is 85.8 cm³/mol. The van der Waals surface area contributed by atoms with Crippen LogP contribution in [0.15, 0.2) is 24.3 Å². The molecule has 4 atom stereocenters. The van der Waals surface area contributed by atoms with Crippen molar-refractivity contribution in [2.24, 2.45) is 18.7 Å². The molecule has 0 amide bonds. The van der Waals surface area contributed by atoms with Crippen molar-refractivity contribution in [2.45, 2.75) is 44.3 Å². The summed E-state index contributed by atoms with van der Waals surface area (Å²) in [7, 11) is 2.16. The number of hydrazine groups is 1. The molecule has 4 unspecified atom stereocenters. The molecule has 0 bridgehead atoms. The van der Waals surface area contributed by atoms with Crippen LogP contribution < -0.4 is 16.6 Å². The smallest absolute Gasteiger partial charge is 0.0530 e. The lowest BCUT2D eigenvalue weighted by molar-refractivity contribution is 0.273. The van der Waals surface area contributed by atoms with E-state index >= 15 is 0 Å². The van der Waals surface area contributed by atoms with Gasteiger partial charge in [0.1, 0.15) is 0 Å². The largest absolute Gasteiger partial charge is 0.348 e. The minimum absolute atomic E-state index is 0.275. The quantitative estimate of drug-likeness (QED) is 0.752. The first-order valence-corrected chi connectivity index (χ1v) is 7.99. The number of aromatic nitrogens is 1. The maximum Gasteiger partial charge on any atom is 0.0530 e. The van der Waals surface area contributed by atoms with Gasteiger partial charge in [-0.1, -0.05) is 24.6 Å². The highest BCUT2D eigenvalue weighted by Gasteiger charge is 2.43. The highest BCUT2D eigenvalue weighted by atomic mass is 15.4. The van der Waals surface area contributed by atoms with Gasteiger partial charge in [-0.2, -0.15) is 0 Å². The molecule has 4 N–H and O–H groups in total. The summed E-state index contributed by atoms with van der Waals surface area (Å²) in [5.74, 6) is 0.596. The van der Waals surface area contributed by atoms with E-state index in [2.05, 4.69) is 53.7 Å². The summed E-state index contributed by atoms with van der Waals surface area (Å²) in [6.45, 7) is 2.23. The molecule has 2 aromatic rings. The fourth-order valence-electron chi connectivity index (χ4n) is 4.38. The molecule has 4 nitrogen and oxygen atoms in total. The summed E-state index contributed by atoms with van der Waals surface area (Å²) in [5.41, 5.74) is 17.4. The van der Waals surface area contributed by atoms with Crippen LogP contribution in [0.2, 0.25) is 0 Å². The van der Waals surface area contributed by atoms with Crippen LogP contribution in [0.25, 0.3) is 10.9 Å². The first kappa shape index (κ1) is 13.3. The van der Waals surface area contributed by atoms with E-state index in [9.17, 15) is 0 Å². The summed E-state index contributed by atoms with van der Waals surface area (Å²) in [6.07, 6.45) is 3.63. The van der Waals surface area contributed by atoms with Crippen LogP contribution in [0.5, 0.6) is 0 Å². The molecule has 21 heavy (non-hydrogen) atoms. The highest BCUT2D eigenvalue weighted by molar-refractivity contribution is 5.86. The number of nitrogens with one attached hydrogen (secondary N) is 2. The number of para-hydroxylation sites is 1. The molecule has 1 aliphatic carbocycles. The van der Waals surface area contributed by atoms with Crippen molar-refractivity contribution in [1.82, 2.24) is 15.4 Å². The van der Waals surface area contributed by atoms with E-state index in [1.165, 1.54) is 35.0 Å². The number of benzene rings is 1. The minimum Gasteiger partial charge on any atom is -0.348 e. The van der Waals surface area contributed by atoms with Crippen molar-refractivity contribution in [2.75, 3.05) is 0 Å². The van der Waals surface area contributed by atoms with Gasteiger partial charge >= 0.3 is 0 Å². The molecule has 1 saturated carbocycles. The summed E-state index contributed by atoms with van der Waals surface area (Å²) < 4.78 is 2.31. The van der Waals surface area contributed by atoms with E-state index in [-0.39, 0.29) is 6.04 Å². The van der Waals surface area contributed by atoms with Crippen molar-refractivity contribution in [3.63, 3.8) is 0 Å². The van der Waals surface area contributed by atoms with Gasteiger partial charge in [0, 0.05) is 35.7 Å². The molecule has 1 saturated heterocycles. The zero-order valence-corrected chi connectivity index (χ0v) is 12.8. The predicted octanol–water partition coefficient (Wildman–Crippen LogP) is 2.13. The third-order valence-corrected chi connectivity index (χ3v) is 5.59. The number of hydrogen-bond donors (Lipinski definition) is 3. The lowest BCUT2D eigenvalue weighted by Crippen LogP contribution is -2.48. The topological polar surface area (TPSA) is 55.0 Å². The van der Waals surface area contributed by atoms with E-state index in [1.54, 1.807) is 0 Å². The van der Waals surface area contributed by atoms with E-state index < -0.39 is 0 Å². The Balaban J connectivity index is 1.82. The van der Waals surface area contributed by atoms with Crippen LogP contribution in [-0.2, 0) is 7.05 Å². The normalized spacial score (nSPS) is 32.5. The molecule has 112 valence electrons. The van der Waals surface area contributed by atoms with Gasteiger partial charge in [0.05, 0.1) is 6.04 Å². The molecule has 1 aliphatic heterocycles. The number of hydrogen-bond acceptors (Lipinski definition) is 3. The van der Waals surface area contributed by atoms with Gasteiger partial charge in [-0.05, 0) is 37.3 Å². The van der Waals surface area contributed by atoms with Gasteiger partial charge in [-0.25, -0.2) is 5.43 Å². The Labute approximate surface area is 125 Å². The van der Waals surface area contributed by atoms with Crippen LogP contribution in [0.1, 0.15) is 36.6 Å². The lowest BCUT2D eigenvalue weighted by Gasteiger charge is -2.32. The fourth-order valence-corrected chi connectivity index (χ4v) is 4.38. The highest BCUT2D eigenvalue weighted by Crippen LogP contribution is 2.41. The Kier molecular flexibility index (Phi) is 3.06. The van der Waals surface area contributed by atoms with Crippen molar-refractivity contribution >= 4 is 10.9 Å². The number of rotatable bonds is 1. The molecule has 1 aromatic carbocycles. The van der Waals surface area contributed by atoms with Crippen LogP contribution in [-0.4, -0.2) is 16.7 Å². The second-order valence-corrected chi connectivity index (χ2v) is 6.63. The van der Waals surface area contributed by atoms with Crippen molar-refractivity contribution < 1.29 is 0 Å². The standard InChI is InChI=1S/C17H24N4/c1-10-15(11-6-3-4-9-14(11)21(10)2)17-12-7-5-8-13(18)16(12)19-20-17/h3-4,6,9,12-13,16-17,19-20H,5,7-8,18H2,1-2H3. The van der Waals surface area contributed by atoms with E-state index in [0.717, 1.165) is 6.42 Å². The third-order valence-electron chi connectivity index (χ3n) is 5.59. The molecular formula is C17H24N4. The van der Waals surface area contributed by atoms with E-state index in [0.29, 0.717) is 18.0 Å². The van der Waals surface area contributed by atoms with Gasteiger partial charge in [-0.3, -0.25) is 5.43 Å². The number of nitrogens with zero attached hydrogens (tertiary/aromatic N) is 1. The average Bonchev–Trinajstić information content (AvgIpc) is 3.02. The number of nitrogens with two attached hydrogens (primary N) is 1. The molecule has 2 heterocycles. The molecule has 0 spiro atoms. The summed E-state index contributed by atoms with van der Waals surface area (Å²) in [5, 5.41) is 1.37. The fraction of sp³-hybridized carbons (Fsp3) is 0.529. The Hall–Kier alpha value is -1.36. The minimum atomic E-state index is 0.275. The molecule has 2 aliphatic rings. The molecular weight excluding hydrogens is 260 g/mol. The SMILES string of the molecule is Cc1c(C2NNC3C(N)CCCC23)c2ccccc2n1C. The molecule has 0 radical (unpaired) electrons. The molecule has 1 aromatic heterocycles. The van der Waals surface area contributed by atoms with Crippen LogP contribution in [0.4, 0.5) is 0 Å². The zero-order chi connectivity index (χ0) is 14.6. The first-order chi connectivity index (χ1) is 10.2. The third kappa shape index (κ3) is 1.86. The molecule has 2 fully saturated rings. The second kappa shape index (κ2) is 4.83. The summed E-state index contributed by atoms with van der Waals surface area (Å²) in [4.78, 5) is 0. The zero-order valence-electron chi connectivity index (χ0n) is 12.8. The molecule has 4 rings (SSSR count). The van der Waals surface area contributed by atoms with Crippen molar-refractivity contribution in [3.8, 4) is 0 Å². The van der Waals surface area contributed by atoms with Gasteiger partial charge in [0.25, 0.3) is 0 Å². The van der Waals surface area contributed by atoms with Crippen molar-refractivity contribution in [3.05, 3.63) is 35.5 Å². The summed E-state index contributed by atoms with van der Waals surface area (Å²) >= 11 is 0. The average molecular weight is 284 g/mol. The van der Waals surface area contributed by atoms with Crippen molar-refractivity contribution in [1.29, 1.82) is 0 Å². The number of fused-ring (bicyclic) bond motifs is 2. The first-order valence-electron chi connectivity index (χ1n) is 7.99. The van der Waals surface area contributed by atoms with Gasteiger partial charge in [0.15, 0.2) is 0 Å². The maximum atomic E-state index is 6.31. The second-order valence-electron chi connectivity index (χ2n) is 6.63. The monoisotopic (exact) mass is 284 g/mol. The van der Waals surface area contributed by atoms with Gasteiger partial charge < -0.3 is 10.3 Å². The number of aryl methyl sites for hydroxylation is 1. The summed E-state index contributed by atoms with van der Waals surface area (Å²) in [6, 6.07) is 9.75. The lowest BCUT2D eigenvalue weighted by atomic mass is 9.77. The Morgan fingerprint density at radius 1 is 1.19 bits per heavy atom. The van der Waals surface area contributed by atoms with Crippen LogP contribution >= 0.6 is 0 Å². The van der Waals surface area contributed by atoms with Crippen LogP contribution in [0, 0.1) is 12.8 Å². The Bertz CT molecular complexity index is 675. The van der Waals surface area contributed by atoms with Crippen LogP contribution in [0.3, 0.4) is 0 Å². The maximum absolute atomic E-state index is 6.31. The van der Waals surface area contributed by atoms with Gasteiger partial charge in [-0.15, -0.1) is 0 Å². The Morgan fingerprint density at radius 2 is 2.00 bits per heavy atom. The van der Waals surface area contributed by atoms with Gasteiger partial charge in [0.2, 0.25) is 0 Å².